The molecule has 0 bridgehead atoms. The van der Waals surface area contributed by atoms with Gasteiger partial charge >= 0.3 is 0 Å². The van der Waals surface area contributed by atoms with Crippen LogP contribution in [0.3, 0.4) is 0 Å². The van der Waals surface area contributed by atoms with Gasteiger partial charge in [-0.15, -0.1) is 0 Å². The molecule has 1 heterocycles. The zero-order valence-electron chi connectivity index (χ0n) is 15.2. The number of aryl methyl sites for hydroxylation is 1. The molecule has 0 saturated heterocycles. The van der Waals surface area contributed by atoms with Gasteiger partial charge in [0.25, 0.3) is 0 Å². The molecule has 1 aromatic heterocycles. The molecule has 0 N–H and O–H groups in total. The molecule has 0 fully saturated rings. The highest BCUT2D eigenvalue weighted by Crippen LogP contribution is 2.30. The average Bonchev–Trinajstić information content (AvgIpc) is 2.53. The summed E-state index contributed by atoms with van der Waals surface area (Å²) in [6.45, 7) is 18.0. The van der Waals surface area contributed by atoms with E-state index in [0.717, 1.165) is 44.9 Å². The average molecular weight is 309 g/mol. The van der Waals surface area contributed by atoms with E-state index in [2.05, 4.69) is 32.2 Å². The van der Waals surface area contributed by atoms with Crippen LogP contribution < -0.4 is 0 Å². The van der Waals surface area contributed by atoms with Crippen LogP contribution in [0.15, 0.2) is 60.6 Å². The molecule has 0 unspecified atom stereocenters. The summed E-state index contributed by atoms with van der Waals surface area (Å²) < 4.78 is 5.40. The van der Waals surface area contributed by atoms with Crippen LogP contribution in [0.2, 0.25) is 0 Å². The first-order chi connectivity index (χ1) is 10.9. The fourth-order valence-corrected chi connectivity index (χ4v) is 2.67. The minimum atomic E-state index is 0.845. The second-order valence-corrected chi connectivity index (χ2v) is 5.46. The van der Waals surface area contributed by atoms with E-state index in [4.69, 9.17) is 9.72 Å². The number of ether oxygens (including phenoxy) is 1. The van der Waals surface area contributed by atoms with Crippen LogP contribution in [0.5, 0.6) is 0 Å². The monoisotopic (exact) mass is 309 g/mol. The van der Waals surface area contributed by atoms with Gasteiger partial charge in [0.15, 0.2) is 0 Å². The van der Waals surface area contributed by atoms with Crippen LogP contribution in [-0.4, -0.2) is 12.1 Å². The number of aromatic nitrogens is 1. The third-order valence-electron chi connectivity index (χ3n) is 3.84. The molecule has 1 rings (SSSR count). The molecule has 0 atom stereocenters. The lowest BCUT2D eigenvalue weighted by molar-refractivity contribution is 0.296. The van der Waals surface area contributed by atoms with Crippen molar-refractivity contribution in [1.82, 2.24) is 4.98 Å². The lowest BCUT2D eigenvalue weighted by Gasteiger charge is -2.15. The molecule has 2 nitrogen and oxygen atoms in total. The largest absolute Gasteiger partial charge is 0.501 e. The Morgan fingerprint density at radius 2 is 1.87 bits per heavy atom. The molecule has 0 spiro atoms. The van der Waals surface area contributed by atoms with E-state index in [1.54, 1.807) is 7.11 Å². The fraction of sp³-hybridized carbons (Fsp3) is 0.286. The lowest BCUT2D eigenvalue weighted by Crippen LogP contribution is -2.00. The molecule has 0 aromatic carbocycles. The van der Waals surface area contributed by atoms with Crippen LogP contribution in [0, 0.1) is 6.92 Å². The molecule has 0 aliphatic rings. The summed E-state index contributed by atoms with van der Waals surface area (Å²) in [5, 5.41) is 0. The van der Waals surface area contributed by atoms with Crippen molar-refractivity contribution >= 4 is 11.1 Å². The summed E-state index contributed by atoms with van der Waals surface area (Å²) in [6.07, 6.45) is 7.86. The van der Waals surface area contributed by atoms with Crippen LogP contribution in [0.1, 0.15) is 44.5 Å². The summed E-state index contributed by atoms with van der Waals surface area (Å²) in [7, 11) is 1.67. The maximum Gasteiger partial charge on any atom is 0.101 e. The van der Waals surface area contributed by atoms with Gasteiger partial charge in [0.2, 0.25) is 0 Å². The van der Waals surface area contributed by atoms with Gasteiger partial charge in [-0.3, -0.25) is 4.98 Å². The van der Waals surface area contributed by atoms with Gasteiger partial charge in [0, 0.05) is 22.9 Å². The Bertz CT molecular complexity index is 703. The van der Waals surface area contributed by atoms with Gasteiger partial charge in [-0.1, -0.05) is 31.4 Å². The fourth-order valence-electron chi connectivity index (χ4n) is 2.67. The molecule has 1 aromatic rings. The highest BCUT2D eigenvalue weighted by Gasteiger charge is 2.13. The molecule has 0 radical (unpaired) electrons. The zero-order chi connectivity index (χ0) is 17.6. The van der Waals surface area contributed by atoms with Crippen molar-refractivity contribution < 1.29 is 4.74 Å². The number of methoxy groups -OCH3 is 1. The second kappa shape index (κ2) is 8.33. The number of nitrogens with zero attached hydrogens (tertiary/aromatic N) is 1. The normalized spacial score (nSPS) is 13.5. The van der Waals surface area contributed by atoms with Crippen LogP contribution in [0.25, 0.3) is 11.1 Å². The summed E-state index contributed by atoms with van der Waals surface area (Å²) in [4.78, 5) is 4.70. The highest BCUT2D eigenvalue weighted by atomic mass is 16.5. The molecule has 0 aliphatic heterocycles. The van der Waals surface area contributed by atoms with E-state index >= 15 is 0 Å². The Balaban J connectivity index is 3.48. The van der Waals surface area contributed by atoms with E-state index in [1.807, 2.05) is 46.0 Å². The summed E-state index contributed by atoms with van der Waals surface area (Å²) in [5.41, 5.74) is 7.25. The van der Waals surface area contributed by atoms with E-state index in [9.17, 15) is 0 Å². The standard InChI is InChI=1S/C21H27NO/c1-9-17(10-2)19(11-3)21-15(6)12-18(13-22-21)20(14(4)5)16(7)23-8/h9-13H,1,4H2,2-3,5-8H3/b17-10+,19-11-,20-16+. The molecule has 0 saturated carbocycles. The third-order valence-corrected chi connectivity index (χ3v) is 3.84. The number of hydrogen-bond donors (Lipinski definition) is 0. The lowest BCUT2D eigenvalue weighted by atomic mass is 9.94. The first kappa shape index (κ1) is 18.7. The Kier molecular flexibility index (Phi) is 6.77. The van der Waals surface area contributed by atoms with E-state index < -0.39 is 0 Å². The Morgan fingerprint density at radius 3 is 2.26 bits per heavy atom. The summed E-state index contributed by atoms with van der Waals surface area (Å²) in [6, 6.07) is 2.13. The van der Waals surface area contributed by atoms with E-state index in [0.29, 0.717) is 0 Å². The Morgan fingerprint density at radius 1 is 1.22 bits per heavy atom. The van der Waals surface area contributed by atoms with Crippen LogP contribution >= 0.6 is 0 Å². The third kappa shape index (κ3) is 4.10. The maximum atomic E-state index is 5.40. The molecular weight excluding hydrogens is 282 g/mol. The first-order valence-corrected chi connectivity index (χ1v) is 7.74. The van der Waals surface area contributed by atoms with Crippen molar-refractivity contribution in [3.8, 4) is 0 Å². The van der Waals surface area contributed by atoms with Crippen molar-refractivity contribution in [1.29, 1.82) is 0 Å². The van der Waals surface area contributed by atoms with Crippen LogP contribution in [-0.2, 0) is 4.74 Å². The SMILES string of the molecule is C=CC(=C\C)/C(=C/C)c1ncc(/C(C(=C)C)=C(\C)OC)cc1C. The highest BCUT2D eigenvalue weighted by molar-refractivity contribution is 5.83. The van der Waals surface area contributed by atoms with Gasteiger partial charge in [-0.2, -0.15) is 0 Å². The number of rotatable bonds is 6. The number of hydrogen-bond acceptors (Lipinski definition) is 2. The summed E-state index contributed by atoms with van der Waals surface area (Å²) >= 11 is 0. The topological polar surface area (TPSA) is 22.1 Å². The van der Waals surface area contributed by atoms with Crippen molar-refractivity contribution in [2.75, 3.05) is 7.11 Å². The van der Waals surface area contributed by atoms with Crippen LogP contribution in [0.4, 0.5) is 0 Å². The van der Waals surface area contributed by atoms with Crippen molar-refractivity contribution in [3.05, 3.63) is 77.4 Å². The molecule has 0 aliphatic carbocycles. The molecule has 122 valence electrons. The van der Waals surface area contributed by atoms with Crippen molar-refractivity contribution in [2.45, 2.75) is 34.6 Å². The van der Waals surface area contributed by atoms with Gasteiger partial charge in [0.1, 0.15) is 5.76 Å². The Hall–Kier alpha value is -2.35. The maximum absolute atomic E-state index is 5.40. The predicted molar refractivity (Wildman–Crippen MR) is 101 cm³/mol. The van der Waals surface area contributed by atoms with E-state index in [-0.39, 0.29) is 0 Å². The molecule has 23 heavy (non-hydrogen) atoms. The Labute approximate surface area is 140 Å². The number of allylic oxidation sites excluding steroid dienone is 8. The zero-order valence-corrected chi connectivity index (χ0v) is 15.2. The molecule has 2 heteroatoms. The molecule has 0 amide bonds. The van der Waals surface area contributed by atoms with Gasteiger partial charge in [-0.25, -0.2) is 0 Å². The second-order valence-electron chi connectivity index (χ2n) is 5.46. The van der Waals surface area contributed by atoms with Crippen molar-refractivity contribution in [3.63, 3.8) is 0 Å². The van der Waals surface area contributed by atoms with Gasteiger partial charge in [0.05, 0.1) is 12.8 Å². The summed E-state index contributed by atoms with van der Waals surface area (Å²) in [5.74, 6) is 0.845. The minimum absolute atomic E-state index is 0.845. The molecular formula is C21H27NO. The van der Waals surface area contributed by atoms with Gasteiger partial charge < -0.3 is 4.74 Å². The quantitative estimate of drug-likeness (QED) is 0.483. The van der Waals surface area contributed by atoms with Crippen molar-refractivity contribution in [2.24, 2.45) is 0 Å². The first-order valence-electron chi connectivity index (χ1n) is 7.74. The smallest absolute Gasteiger partial charge is 0.101 e. The van der Waals surface area contributed by atoms with E-state index in [1.165, 1.54) is 0 Å². The van der Waals surface area contributed by atoms with Gasteiger partial charge in [-0.05, 0) is 57.4 Å². The minimum Gasteiger partial charge on any atom is -0.501 e. The predicted octanol–water partition coefficient (Wildman–Crippen LogP) is 5.88. The number of pyridine rings is 1.